The van der Waals surface area contributed by atoms with E-state index in [1.807, 2.05) is 92.7 Å². The van der Waals surface area contributed by atoms with Gasteiger partial charge in [-0.15, -0.1) is 0 Å². The monoisotopic (exact) mass is 345 g/mol. The number of nitrogens with zero attached hydrogens (tertiary/aromatic N) is 1. The zero-order valence-electron chi connectivity index (χ0n) is 15.1. The second-order valence-electron chi connectivity index (χ2n) is 6.39. The maximum absolute atomic E-state index is 13.5. The average Bonchev–Trinajstić information content (AvgIpc) is 2.67. The van der Waals surface area contributed by atoms with E-state index >= 15 is 0 Å². The van der Waals surface area contributed by atoms with Crippen molar-refractivity contribution >= 4 is 11.5 Å². The molecule has 3 aromatic carbocycles. The molecule has 0 aliphatic rings. The Labute approximate surface area is 154 Å². The lowest BCUT2D eigenvalue weighted by atomic mass is 9.91. The predicted molar refractivity (Wildman–Crippen MR) is 105 cm³/mol. The van der Waals surface area contributed by atoms with Gasteiger partial charge in [0.25, 0.3) is 0 Å². The number of rotatable bonds is 6. The van der Waals surface area contributed by atoms with E-state index in [1.54, 1.807) is 4.90 Å². The van der Waals surface area contributed by atoms with Gasteiger partial charge in [0.05, 0.1) is 0 Å². The topological polar surface area (TPSA) is 40.5 Å². The fraction of sp³-hybridized carbons (Fsp3) is 0.174. The van der Waals surface area contributed by atoms with E-state index in [9.17, 15) is 9.90 Å². The molecule has 0 saturated carbocycles. The third-order valence-electron chi connectivity index (χ3n) is 4.69. The van der Waals surface area contributed by atoms with Crippen molar-refractivity contribution in [3.63, 3.8) is 0 Å². The Morgan fingerprint density at radius 1 is 0.846 bits per heavy atom. The van der Waals surface area contributed by atoms with Crippen LogP contribution in [0.3, 0.4) is 0 Å². The third kappa shape index (κ3) is 3.53. The van der Waals surface area contributed by atoms with Crippen molar-refractivity contribution in [3.05, 3.63) is 101 Å². The smallest absolute Gasteiger partial charge is 0.190 e. The van der Waals surface area contributed by atoms with Crippen molar-refractivity contribution in [1.29, 1.82) is 0 Å². The van der Waals surface area contributed by atoms with Crippen LogP contribution in [0.2, 0.25) is 0 Å². The first-order chi connectivity index (χ1) is 12.6. The molecule has 3 heteroatoms. The summed E-state index contributed by atoms with van der Waals surface area (Å²) >= 11 is 0. The molecule has 3 rings (SSSR count). The average molecular weight is 345 g/mol. The van der Waals surface area contributed by atoms with E-state index in [-0.39, 0.29) is 12.5 Å². The molecule has 0 bridgehead atoms. The molecule has 0 spiro atoms. The lowest BCUT2D eigenvalue weighted by molar-refractivity contribution is 0.0944. The number of aryl methyl sites for hydroxylation is 2. The molecule has 0 fully saturated rings. The summed E-state index contributed by atoms with van der Waals surface area (Å²) in [5, 5.41) is 10.1. The molecule has 0 amide bonds. The lowest BCUT2D eigenvalue weighted by Gasteiger charge is -2.32. The number of hydrogen-bond donors (Lipinski definition) is 1. The van der Waals surface area contributed by atoms with Crippen LogP contribution in [0.5, 0.6) is 0 Å². The highest BCUT2D eigenvalue weighted by Crippen LogP contribution is 2.32. The zero-order valence-corrected chi connectivity index (χ0v) is 15.1. The molecule has 1 atom stereocenters. The Bertz CT molecular complexity index is 889. The highest BCUT2D eigenvalue weighted by atomic mass is 16.3. The first kappa shape index (κ1) is 17.9. The minimum atomic E-state index is -0.593. The van der Waals surface area contributed by atoms with Crippen LogP contribution in [-0.2, 0) is 0 Å². The normalized spacial score (nSPS) is 11.8. The van der Waals surface area contributed by atoms with Gasteiger partial charge in [-0.2, -0.15) is 0 Å². The zero-order chi connectivity index (χ0) is 18.5. The molecule has 0 radical (unpaired) electrons. The van der Waals surface area contributed by atoms with Crippen molar-refractivity contribution in [2.45, 2.75) is 19.9 Å². The molecule has 1 unspecified atom stereocenters. The summed E-state index contributed by atoms with van der Waals surface area (Å²) in [5.41, 5.74) is 4.34. The first-order valence-corrected chi connectivity index (χ1v) is 8.71. The SMILES string of the molecule is Cc1ccccc1C(=O)C(c1ccccc1C)N(CO)c1ccccc1. The molecule has 3 aromatic rings. The summed E-state index contributed by atoms with van der Waals surface area (Å²) in [6.45, 7) is 3.68. The van der Waals surface area contributed by atoms with Gasteiger partial charge in [-0.25, -0.2) is 0 Å². The van der Waals surface area contributed by atoms with Gasteiger partial charge in [0.15, 0.2) is 5.78 Å². The number of ketones is 1. The quantitative estimate of drug-likeness (QED) is 0.521. The summed E-state index contributed by atoms with van der Waals surface area (Å²) in [7, 11) is 0. The van der Waals surface area contributed by atoms with Crippen LogP contribution in [-0.4, -0.2) is 17.6 Å². The maximum atomic E-state index is 13.5. The van der Waals surface area contributed by atoms with E-state index in [1.165, 1.54) is 0 Å². The van der Waals surface area contributed by atoms with Crippen LogP contribution in [0, 0.1) is 13.8 Å². The van der Waals surface area contributed by atoms with Gasteiger partial charge in [0.1, 0.15) is 12.8 Å². The predicted octanol–water partition coefficient (Wildman–Crippen LogP) is 4.68. The Balaban J connectivity index is 2.15. The van der Waals surface area contributed by atoms with Crippen molar-refractivity contribution < 1.29 is 9.90 Å². The molecule has 132 valence electrons. The van der Waals surface area contributed by atoms with Gasteiger partial charge >= 0.3 is 0 Å². The van der Waals surface area contributed by atoms with Crippen molar-refractivity contribution in [3.8, 4) is 0 Å². The Kier molecular flexibility index (Phi) is 5.49. The number of aliphatic hydroxyl groups excluding tert-OH is 1. The van der Waals surface area contributed by atoms with E-state index < -0.39 is 6.04 Å². The number of anilines is 1. The number of Topliss-reactive ketones (excluding diaryl/α,β-unsaturated/α-hetero) is 1. The summed E-state index contributed by atoms with van der Waals surface area (Å²) in [6.07, 6.45) is 0. The van der Waals surface area contributed by atoms with Crippen molar-refractivity contribution in [2.75, 3.05) is 11.6 Å². The van der Waals surface area contributed by atoms with Crippen LogP contribution in [0.4, 0.5) is 5.69 Å². The fourth-order valence-corrected chi connectivity index (χ4v) is 3.27. The second-order valence-corrected chi connectivity index (χ2v) is 6.39. The van der Waals surface area contributed by atoms with Gasteiger partial charge in [0.2, 0.25) is 0 Å². The lowest BCUT2D eigenvalue weighted by Crippen LogP contribution is -2.36. The summed E-state index contributed by atoms with van der Waals surface area (Å²) < 4.78 is 0. The van der Waals surface area contributed by atoms with Crippen molar-refractivity contribution in [2.24, 2.45) is 0 Å². The number of carbonyl (C=O) groups is 1. The van der Waals surface area contributed by atoms with Crippen molar-refractivity contribution in [1.82, 2.24) is 0 Å². The highest BCUT2D eigenvalue weighted by molar-refractivity contribution is 6.03. The standard InChI is InChI=1S/C23H23NO2/c1-17-10-6-8-14-20(17)22(23(26)21-15-9-7-11-18(21)2)24(16-25)19-12-4-3-5-13-19/h3-15,22,25H,16H2,1-2H3. The number of para-hydroxylation sites is 1. The van der Waals surface area contributed by atoms with Crippen LogP contribution >= 0.6 is 0 Å². The van der Waals surface area contributed by atoms with E-state index in [2.05, 4.69) is 0 Å². The molecular weight excluding hydrogens is 322 g/mol. The van der Waals surface area contributed by atoms with Crippen LogP contribution in [0.15, 0.2) is 78.9 Å². The Morgan fingerprint density at radius 2 is 1.42 bits per heavy atom. The van der Waals surface area contributed by atoms with E-state index in [0.717, 1.165) is 22.4 Å². The molecule has 0 aliphatic carbocycles. The van der Waals surface area contributed by atoms with E-state index in [4.69, 9.17) is 0 Å². The van der Waals surface area contributed by atoms with Crippen LogP contribution in [0.1, 0.15) is 33.1 Å². The number of carbonyl (C=O) groups excluding carboxylic acids is 1. The fourth-order valence-electron chi connectivity index (χ4n) is 3.27. The number of hydrogen-bond acceptors (Lipinski definition) is 3. The summed E-state index contributed by atoms with van der Waals surface area (Å²) in [6, 6.07) is 24.4. The van der Waals surface area contributed by atoms with E-state index in [0.29, 0.717) is 5.56 Å². The minimum absolute atomic E-state index is 0.0182. The highest BCUT2D eigenvalue weighted by Gasteiger charge is 2.30. The molecule has 0 aliphatic heterocycles. The molecule has 26 heavy (non-hydrogen) atoms. The Morgan fingerprint density at radius 3 is 2.04 bits per heavy atom. The molecule has 0 aromatic heterocycles. The first-order valence-electron chi connectivity index (χ1n) is 8.71. The van der Waals surface area contributed by atoms with Gasteiger partial charge in [-0.05, 0) is 42.7 Å². The van der Waals surface area contributed by atoms with Crippen LogP contribution < -0.4 is 4.90 Å². The molecule has 0 saturated heterocycles. The maximum Gasteiger partial charge on any atom is 0.190 e. The minimum Gasteiger partial charge on any atom is -0.376 e. The summed E-state index contributed by atoms with van der Waals surface area (Å²) in [5.74, 6) is -0.0182. The van der Waals surface area contributed by atoms with Crippen LogP contribution in [0.25, 0.3) is 0 Å². The molecule has 3 nitrogen and oxygen atoms in total. The Hall–Kier alpha value is -2.91. The molecule has 1 N–H and O–H groups in total. The third-order valence-corrected chi connectivity index (χ3v) is 4.69. The molecular formula is C23H23NO2. The van der Waals surface area contributed by atoms with Gasteiger partial charge in [0, 0.05) is 11.3 Å². The number of benzene rings is 3. The largest absolute Gasteiger partial charge is 0.376 e. The second kappa shape index (κ2) is 7.98. The number of aliphatic hydroxyl groups is 1. The van der Waals surface area contributed by atoms with Gasteiger partial charge in [-0.3, -0.25) is 4.79 Å². The van der Waals surface area contributed by atoms with Gasteiger partial charge in [-0.1, -0.05) is 66.7 Å². The van der Waals surface area contributed by atoms with Gasteiger partial charge < -0.3 is 10.0 Å². The summed E-state index contributed by atoms with van der Waals surface area (Å²) in [4.78, 5) is 15.3. The molecule has 0 heterocycles.